The van der Waals surface area contributed by atoms with E-state index >= 15 is 0 Å². The average molecular weight is 442 g/mol. The second-order valence-corrected chi connectivity index (χ2v) is 8.65. The van der Waals surface area contributed by atoms with Crippen molar-refractivity contribution in [3.05, 3.63) is 12.2 Å². The van der Waals surface area contributed by atoms with E-state index < -0.39 is 35.7 Å². The summed E-state index contributed by atoms with van der Waals surface area (Å²) in [7, 11) is 0. The number of unbranched alkanes of at least 4 members (excludes halogenated alkanes) is 3. The van der Waals surface area contributed by atoms with Gasteiger partial charge in [0.15, 0.2) is 0 Å². The predicted molar refractivity (Wildman–Crippen MR) is 119 cm³/mol. The second kappa shape index (κ2) is 15.8. The number of carbonyl (C=O) groups excluding carboxylic acids is 1. The molecule has 0 aromatic rings. The van der Waals surface area contributed by atoms with E-state index in [-0.39, 0.29) is 24.1 Å². The van der Waals surface area contributed by atoms with Crippen LogP contribution in [0.1, 0.15) is 79.1 Å². The summed E-state index contributed by atoms with van der Waals surface area (Å²) in [6.07, 6.45) is 10.2. The molecule has 0 spiro atoms. The SMILES string of the molecule is CC/C=C/CCCCC[N+](CC(CC)C(=O)[O-])(CC(CC)C(=O)O)CC(CC)C(=O)O. The standard InChI is InChI=1S/C24H43NO6/c1-5-9-10-11-12-13-14-15-25(16-19(6-2)22(26)27,17-20(7-3)23(28)29)18-21(8-4)24(30)31/h9-10,19-21H,5-8,11-18H2,1-4H3,(H2-,26,27,28,29,30,31)/b10-9+. The van der Waals surface area contributed by atoms with Gasteiger partial charge in [-0.05, 0) is 51.4 Å². The Bertz CT molecular complexity index is 515. The van der Waals surface area contributed by atoms with Crippen molar-refractivity contribution in [3.8, 4) is 0 Å². The second-order valence-electron chi connectivity index (χ2n) is 8.65. The third-order valence-corrected chi connectivity index (χ3v) is 6.24. The fourth-order valence-corrected chi connectivity index (χ4v) is 4.20. The van der Waals surface area contributed by atoms with E-state index in [1.54, 1.807) is 20.8 Å². The van der Waals surface area contributed by atoms with Gasteiger partial charge in [-0.2, -0.15) is 0 Å². The van der Waals surface area contributed by atoms with Crippen molar-refractivity contribution in [1.82, 2.24) is 0 Å². The van der Waals surface area contributed by atoms with E-state index in [0.29, 0.717) is 25.8 Å². The molecule has 0 saturated heterocycles. The molecule has 3 unspecified atom stereocenters. The van der Waals surface area contributed by atoms with Crippen molar-refractivity contribution in [2.75, 3.05) is 26.2 Å². The van der Waals surface area contributed by atoms with Crippen LogP contribution >= 0.6 is 0 Å². The van der Waals surface area contributed by atoms with E-state index in [9.17, 15) is 29.7 Å². The topological polar surface area (TPSA) is 115 Å². The molecule has 0 saturated carbocycles. The summed E-state index contributed by atoms with van der Waals surface area (Å²) in [5, 5.41) is 31.0. The molecule has 31 heavy (non-hydrogen) atoms. The summed E-state index contributed by atoms with van der Waals surface area (Å²) in [4.78, 5) is 35.3. The molecule has 0 aromatic heterocycles. The lowest BCUT2D eigenvalue weighted by molar-refractivity contribution is -0.935. The number of aliphatic carboxylic acids is 3. The highest BCUT2D eigenvalue weighted by Gasteiger charge is 2.39. The molecule has 180 valence electrons. The first-order valence-corrected chi connectivity index (χ1v) is 11.8. The van der Waals surface area contributed by atoms with Crippen molar-refractivity contribution in [1.29, 1.82) is 0 Å². The molecular weight excluding hydrogens is 398 g/mol. The summed E-state index contributed by atoms with van der Waals surface area (Å²) in [5.41, 5.74) is 0. The Morgan fingerprint density at radius 2 is 1.26 bits per heavy atom. The molecule has 3 atom stereocenters. The number of hydrogen-bond acceptors (Lipinski definition) is 4. The Morgan fingerprint density at radius 1 is 0.774 bits per heavy atom. The van der Waals surface area contributed by atoms with Crippen molar-refractivity contribution >= 4 is 17.9 Å². The van der Waals surface area contributed by atoms with Crippen molar-refractivity contribution in [3.63, 3.8) is 0 Å². The lowest BCUT2D eigenvalue weighted by atomic mass is 9.95. The first kappa shape index (κ1) is 29.1. The monoisotopic (exact) mass is 441 g/mol. The van der Waals surface area contributed by atoms with Crippen molar-refractivity contribution in [2.45, 2.75) is 79.1 Å². The first-order valence-electron chi connectivity index (χ1n) is 11.8. The zero-order valence-corrected chi connectivity index (χ0v) is 19.8. The molecule has 0 aliphatic carbocycles. The van der Waals surface area contributed by atoms with Gasteiger partial charge in [0, 0.05) is 5.92 Å². The zero-order chi connectivity index (χ0) is 23.9. The number of carboxylic acid groups (broad SMARTS) is 3. The third-order valence-electron chi connectivity index (χ3n) is 6.24. The minimum Gasteiger partial charge on any atom is -0.550 e. The molecule has 0 aliphatic heterocycles. The smallest absolute Gasteiger partial charge is 0.312 e. The molecule has 7 nitrogen and oxygen atoms in total. The zero-order valence-electron chi connectivity index (χ0n) is 19.8. The summed E-state index contributed by atoms with van der Waals surface area (Å²) < 4.78 is 0.201. The van der Waals surface area contributed by atoms with Crippen LogP contribution in [0, 0.1) is 17.8 Å². The maximum Gasteiger partial charge on any atom is 0.312 e. The fourth-order valence-electron chi connectivity index (χ4n) is 4.20. The molecule has 0 fully saturated rings. The van der Waals surface area contributed by atoms with E-state index in [1.807, 2.05) is 0 Å². The largest absolute Gasteiger partial charge is 0.550 e. The highest BCUT2D eigenvalue weighted by Crippen LogP contribution is 2.25. The number of nitrogens with zero attached hydrogens (tertiary/aromatic N) is 1. The lowest BCUT2D eigenvalue weighted by Crippen LogP contribution is -2.59. The van der Waals surface area contributed by atoms with E-state index in [0.717, 1.165) is 32.1 Å². The third kappa shape index (κ3) is 11.3. The van der Waals surface area contributed by atoms with E-state index in [4.69, 9.17) is 0 Å². The molecule has 0 radical (unpaired) electrons. The Labute approximate surface area is 187 Å². The van der Waals surface area contributed by atoms with E-state index in [2.05, 4.69) is 19.1 Å². The summed E-state index contributed by atoms with van der Waals surface area (Å²) in [5.74, 6) is -5.00. The minimum atomic E-state index is -1.15. The van der Waals surface area contributed by atoms with Gasteiger partial charge >= 0.3 is 11.9 Å². The molecule has 0 heterocycles. The van der Waals surface area contributed by atoms with Gasteiger partial charge in [0.2, 0.25) is 0 Å². The normalized spacial score (nSPS) is 16.5. The maximum absolute atomic E-state index is 11.8. The summed E-state index contributed by atoms with van der Waals surface area (Å²) in [6.45, 7) is 8.75. The van der Waals surface area contributed by atoms with Crippen LogP contribution in [-0.2, 0) is 14.4 Å². The minimum absolute atomic E-state index is 0.201. The molecule has 0 aliphatic rings. The first-order chi connectivity index (χ1) is 14.7. The van der Waals surface area contributed by atoms with Crippen LogP contribution in [0.25, 0.3) is 0 Å². The van der Waals surface area contributed by atoms with Crippen LogP contribution < -0.4 is 5.11 Å². The number of quaternary nitrogens is 1. The number of allylic oxidation sites excluding steroid dienone is 2. The summed E-state index contributed by atoms with van der Waals surface area (Å²) in [6, 6.07) is 0. The van der Waals surface area contributed by atoms with E-state index in [1.165, 1.54) is 0 Å². The fraction of sp³-hybridized carbons (Fsp3) is 0.792. The quantitative estimate of drug-likeness (QED) is 0.180. The van der Waals surface area contributed by atoms with Crippen molar-refractivity contribution in [2.24, 2.45) is 17.8 Å². The Kier molecular flexibility index (Phi) is 14.9. The highest BCUT2D eigenvalue weighted by molar-refractivity contribution is 5.70. The van der Waals surface area contributed by atoms with Gasteiger partial charge in [-0.15, -0.1) is 0 Å². The summed E-state index contributed by atoms with van der Waals surface area (Å²) >= 11 is 0. The van der Waals surface area contributed by atoms with Gasteiger partial charge in [-0.25, -0.2) is 0 Å². The predicted octanol–water partition coefficient (Wildman–Crippen LogP) is 3.33. The van der Waals surface area contributed by atoms with Gasteiger partial charge in [0.05, 0.1) is 32.1 Å². The van der Waals surface area contributed by atoms with Crippen LogP contribution in [-0.4, -0.2) is 58.8 Å². The van der Waals surface area contributed by atoms with Gasteiger partial charge in [0.25, 0.3) is 0 Å². The Balaban J connectivity index is 5.77. The Hall–Kier alpha value is -1.89. The molecule has 7 heteroatoms. The molecular formula is C24H43NO6. The number of rotatable bonds is 19. The lowest BCUT2D eigenvalue weighted by Gasteiger charge is -2.44. The number of hydrogen-bond donors (Lipinski definition) is 2. The molecule has 2 N–H and O–H groups in total. The molecule has 0 aromatic carbocycles. The van der Waals surface area contributed by atoms with Gasteiger partial charge in [0.1, 0.15) is 11.8 Å². The number of carboxylic acids is 3. The van der Waals surface area contributed by atoms with Gasteiger partial charge in [-0.3, -0.25) is 9.59 Å². The van der Waals surface area contributed by atoms with Crippen molar-refractivity contribution < 1.29 is 34.2 Å². The van der Waals surface area contributed by atoms with Gasteiger partial charge in [-0.1, -0.05) is 39.8 Å². The van der Waals surface area contributed by atoms with Gasteiger partial charge < -0.3 is 24.6 Å². The van der Waals surface area contributed by atoms with Crippen LogP contribution in [0.5, 0.6) is 0 Å². The molecule has 0 rings (SSSR count). The van der Waals surface area contributed by atoms with Crippen LogP contribution in [0.2, 0.25) is 0 Å². The molecule has 0 amide bonds. The van der Waals surface area contributed by atoms with Crippen LogP contribution in [0.15, 0.2) is 12.2 Å². The highest BCUT2D eigenvalue weighted by atomic mass is 16.4. The van der Waals surface area contributed by atoms with Crippen LogP contribution in [0.3, 0.4) is 0 Å². The van der Waals surface area contributed by atoms with Crippen LogP contribution in [0.4, 0.5) is 0 Å². The molecule has 0 bridgehead atoms. The average Bonchev–Trinajstić information content (AvgIpc) is 2.72. The Morgan fingerprint density at radius 3 is 1.65 bits per heavy atom. The maximum atomic E-state index is 11.8. The number of carbonyl (C=O) groups is 3.